The molecule has 0 unspecified atom stereocenters. The molecule has 5 nitrogen and oxygen atoms in total. The number of hydrogen-bond acceptors (Lipinski definition) is 4. The summed E-state index contributed by atoms with van der Waals surface area (Å²) in [7, 11) is 1.40. The van der Waals surface area contributed by atoms with Crippen LogP contribution in [-0.2, 0) is 20.3 Å². The Morgan fingerprint density at radius 1 is 1.44 bits per heavy atom. The van der Waals surface area contributed by atoms with Crippen LogP contribution in [0.25, 0.3) is 0 Å². The molecule has 0 aromatic carbocycles. The fraction of sp³-hybridized carbons (Fsp3) is 0.545. The molecule has 0 atom stereocenters. The zero-order valence-corrected chi connectivity index (χ0v) is 12.3. The average Bonchev–Trinajstić information content (AvgIpc) is 2.57. The van der Waals surface area contributed by atoms with Gasteiger partial charge in [-0.05, 0) is 33.8 Å². The number of halogens is 1. The summed E-state index contributed by atoms with van der Waals surface area (Å²) in [6.45, 7) is 7.45. The third kappa shape index (κ3) is 3.74. The van der Waals surface area contributed by atoms with Crippen molar-refractivity contribution in [3.63, 3.8) is 0 Å². The molecule has 0 aliphatic heterocycles. The number of carbonyl (C=O) groups is 1. The van der Waals surface area contributed by atoms with Gasteiger partial charge in [0.1, 0.15) is 16.2 Å². The molecule has 0 aliphatic carbocycles. The van der Waals surface area contributed by atoms with E-state index in [2.05, 4.69) is 0 Å². The van der Waals surface area contributed by atoms with E-state index in [4.69, 9.17) is 15.4 Å². The normalized spacial score (nSPS) is 12.5. The van der Waals surface area contributed by atoms with Gasteiger partial charge in [0.05, 0.1) is 0 Å². The quantitative estimate of drug-likeness (QED) is 0.634. The van der Waals surface area contributed by atoms with E-state index in [1.165, 1.54) is 16.8 Å². The highest BCUT2D eigenvalue weighted by Crippen LogP contribution is 2.20. The van der Waals surface area contributed by atoms with Crippen LogP contribution in [0.4, 0.5) is 0 Å². The van der Waals surface area contributed by atoms with Crippen LogP contribution >= 0.6 is 10.7 Å². The van der Waals surface area contributed by atoms with Crippen LogP contribution in [0.1, 0.15) is 38.2 Å². The molecule has 0 amide bonds. The maximum absolute atomic E-state index is 11.9. The van der Waals surface area contributed by atoms with Gasteiger partial charge < -0.3 is 9.30 Å². The third-order valence-electron chi connectivity index (χ3n) is 2.10. The van der Waals surface area contributed by atoms with Crippen LogP contribution in [0, 0.1) is 0 Å². The number of rotatable bonds is 3. The molecule has 0 saturated carbocycles. The first-order valence-electron chi connectivity index (χ1n) is 5.43. The second-order valence-corrected chi connectivity index (χ2v) is 7.35. The number of aromatic nitrogens is 1. The Balaban J connectivity index is 3.17. The summed E-state index contributed by atoms with van der Waals surface area (Å²) in [5.41, 5.74) is -0.466. The van der Waals surface area contributed by atoms with Gasteiger partial charge in [-0.15, -0.1) is 0 Å². The Labute approximate surface area is 111 Å². The number of carbonyl (C=O) groups excluding carboxylic acids is 1. The van der Waals surface area contributed by atoms with Gasteiger partial charge in [-0.1, -0.05) is 0 Å². The largest absolute Gasteiger partial charge is 0.455 e. The van der Waals surface area contributed by atoms with Gasteiger partial charge in [-0.3, -0.25) is 0 Å². The van der Waals surface area contributed by atoms with Crippen LogP contribution in [0.3, 0.4) is 0 Å². The predicted molar refractivity (Wildman–Crippen MR) is 68.3 cm³/mol. The minimum atomic E-state index is -3.85. The highest BCUT2D eigenvalue weighted by molar-refractivity contribution is 8.13. The molecule has 0 N–H and O–H groups in total. The van der Waals surface area contributed by atoms with E-state index in [9.17, 15) is 13.2 Å². The molecule has 0 radical (unpaired) electrons. The number of esters is 1. The lowest BCUT2D eigenvalue weighted by Gasteiger charge is -2.19. The van der Waals surface area contributed by atoms with Gasteiger partial charge in [0.15, 0.2) is 0 Å². The molecular formula is C11H16ClNO4S. The van der Waals surface area contributed by atoms with E-state index in [1.54, 1.807) is 27.7 Å². The van der Waals surface area contributed by atoms with E-state index in [1.807, 2.05) is 0 Å². The molecule has 1 rings (SSSR count). The van der Waals surface area contributed by atoms with Crippen molar-refractivity contribution in [2.75, 3.05) is 0 Å². The van der Waals surface area contributed by atoms with Gasteiger partial charge in [-0.25, -0.2) is 13.2 Å². The first kappa shape index (κ1) is 15.0. The Morgan fingerprint density at radius 2 is 2.00 bits per heavy atom. The molecular weight excluding hydrogens is 278 g/mol. The van der Waals surface area contributed by atoms with E-state index in [0.29, 0.717) is 6.54 Å². The highest BCUT2D eigenvalue weighted by Gasteiger charge is 2.23. The molecule has 0 saturated heterocycles. The minimum Gasteiger partial charge on any atom is -0.455 e. The summed E-state index contributed by atoms with van der Waals surface area (Å²) < 4.78 is 29.1. The molecule has 18 heavy (non-hydrogen) atoms. The van der Waals surface area contributed by atoms with E-state index in [-0.39, 0.29) is 10.6 Å². The van der Waals surface area contributed by atoms with Crippen molar-refractivity contribution in [2.45, 2.75) is 44.7 Å². The Bertz CT molecular complexity index is 554. The van der Waals surface area contributed by atoms with Crippen LogP contribution in [-0.4, -0.2) is 24.6 Å². The van der Waals surface area contributed by atoms with Crippen molar-refractivity contribution in [3.8, 4) is 0 Å². The maximum Gasteiger partial charge on any atom is 0.355 e. The maximum atomic E-state index is 11.9. The van der Waals surface area contributed by atoms with Crippen LogP contribution in [0.2, 0.25) is 0 Å². The Morgan fingerprint density at radius 3 is 2.39 bits per heavy atom. The molecule has 102 valence electrons. The summed E-state index contributed by atoms with van der Waals surface area (Å²) in [5, 5.41) is 0. The van der Waals surface area contributed by atoms with Gasteiger partial charge in [0.2, 0.25) is 0 Å². The molecule has 1 aromatic heterocycles. The zero-order valence-electron chi connectivity index (χ0n) is 10.7. The third-order valence-corrected chi connectivity index (χ3v) is 3.42. The summed E-state index contributed by atoms with van der Waals surface area (Å²) in [6.07, 6.45) is 1.32. The zero-order chi connectivity index (χ0) is 14.1. The summed E-state index contributed by atoms with van der Waals surface area (Å²) in [5.74, 6) is -0.573. The van der Waals surface area contributed by atoms with Gasteiger partial charge >= 0.3 is 5.97 Å². The first-order chi connectivity index (χ1) is 8.04. The van der Waals surface area contributed by atoms with Crippen molar-refractivity contribution in [1.82, 2.24) is 4.57 Å². The molecule has 0 bridgehead atoms. The van der Waals surface area contributed by atoms with Crippen molar-refractivity contribution >= 4 is 25.7 Å². The van der Waals surface area contributed by atoms with E-state index < -0.39 is 20.6 Å². The van der Waals surface area contributed by atoms with Crippen LogP contribution in [0.5, 0.6) is 0 Å². The fourth-order valence-electron chi connectivity index (χ4n) is 1.38. The van der Waals surface area contributed by atoms with Crippen molar-refractivity contribution < 1.29 is 17.9 Å². The fourth-order valence-corrected chi connectivity index (χ4v) is 2.14. The summed E-state index contributed by atoms with van der Waals surface area (Å²) in [6, 6.07) is 1.22. The minimum absolute atomic E-state index is 0.105. The highest BCUT2D eigenvalue weighted by atomic mass is 35.7. The second kappa shape index (κ2) is 4.93. The lowest BCUT2D eigenvalue weighted by atomic mass is 10.2. The molecule has 1 aromatic rings. The van der Waals surface area contributed by atoms with E-state index >= 15 is 0 Å². The lowest BCUT2D eigenvalue weighted by Crippen LogP contribution is -2.25. The summed E-state index contributed by atoms with van der Waals surface area (Å²) >= 11 is 0. The Hall–Kier alpha value is -1.01. The van der Waals surface area contributed by atoms with E-state index in [0.717, 1.165) is 0 Å². The van der Waals surface area contributed by atoms with Crippen LogP contribution in [0.15, 0.2) is 17.2 Å². The van der Waals surface area contributed by atoms with Crippen molar-refractivity contribution in [2.24, 2.45) is 0 Å². The molecule has 7 heteroatoms. The monoisotopic (exact) mass is 293 g/mol. The number of aryl methyl sites for hydroxylation is 1. The smallest absolute Gasteiger partial charge is 0.355 e. The SMILES string of the molecule is CCn1cc(S(=O)(=O)Cl)cc1C(=O)OC(C)(C)C. The average molecular weight is 294 g/mol. The molecule has 0 aliphatic rings. The first-order valence-corrected chi connectivity index (χ1v) is 7.73. The van der Waals surface area contributed by atoms with Gasteiger partial charge in [0.25, 0.3) is 9.05 Å². The lowest BCUT2D eigenvalue weighted by molar-refractivity contribution is 0.00578. The second-order valence-electron chi connectivity index (χ2n) is 4.79. The van der Waals surface area contributed by atoms with Crippen LogP contribution < -0.4 is 0 Å². The molecule has 0 spiro atoms. The number of hydrogen-bond donors (Lipinski definition) is 0. The standard InChI is InChI=1S/C11H16ClNO4S/c1-5-13-7-8(18(12,15)16)6-9(13)10(14)17-11(2,3)4/h6-7H,5H2,1-4H3. The number of ether oxygens (including phenoxy) is 1. The summed E-state index contributed by atoms with van der Waals surface area (Å²) in [4.78, 5) is 11.8. The topological polar surface area (TPSA) is 65.4 Å². The predicted octanol–water partition coefficient (Wildman–Crippen LogP) is 2.39. The Kier molecular flexibility index (Phi) is 4.12. The number of nitrogens with zero attached hydrogens (tertiary/aromatic N) is 1. The molecule has 1 heterocycles. The molecule has 0 fully saturated rings. The van der Waals surface area contributed by atoms with Crippen molar-refractivity contribution in [3.05, 3.63) is 18.0 Å². The van der Waals surface area contributed by atoms with Gasteiger partial charge in [0, 0.05) is 23.4 Å². The van der Waals surface area contributed by atoms with Crippen molar-refractivity contribution in [1.29, 1.82) is 0 Å². The van der Waals surface area contributed by atoms with Gasteiger partial charge in [-0.2, -0.15) is 0 Å².